The summed E-state index contributed by atoms with van der Waals surface area (Å²) in [4.78, 5) is 13.9. The fourth-order valence-electron chi connectivity index (χ4n) is 2.89. The number of benzene rings is 3. The molecule has 27 heavy (non-hydrogen) atoms. The first kappa shape index (κ1) is 18.8. The number of fused-ring (bicyclic) bond motifs is 1. The molecular weight excluding hydrogens is 350 g/mol. The predicted molar refractivity (Wildman–Crippen MR) is 102 cm³/mol. The Hall–Kier alpha value is -2.99. The van der Waals surface area contributed by atoms with E-state index in [0.29, 0.717) is 6.54 Å². The lowest BCUT2D eigenvalue weighted by Gasteiger charge is -2.17. The Morgan fingerprint density at radius 2 is 1.78 bits per heavy atom. The van der Waals surface area contributed by atoms with Gasteiger partial charge in [0.2, 0.25) is 5.91 Å². The average Bonchev–Trinajstić information content (AvgIpc) is 2.64. The zero-order valence-electron chi connectivity index (χ0n) is 15.1. The summed E-state index contributed by atoms with van der Waals surface area (Å²) in [5, 5.41) is 4.55. The Morgan fingerprint density at radius 1 is 1.04 bits per heavy atom. The molecule has 0 aliphatic carbocycles. The zero-order chi connectivity index (χ0) is 19.4. The van der Waals surface area contributed by atoms with E-state index < -0.39 is 17.5 Å². The van der Waals surface area contributed by atoms with Gasteiger partial charge in [-0.25, -0.2) is 8.78 Å². The second-order valence-corrected chi connectivity index (χ2v) is 6.39. The monoisotopic (exact) mass is 370 g/mol. The van der Waals surface area contributed by atoms with Gasteiger partial charge in [-0.1, -0.05) is 18.2 Å². The van der Waals surface area contributed by atoms with Crippen molar-refractivity contribution in [2.45, 2.75) is 6.54 Å². The van der Waals surface area contributed by atoms with Crippen molar-refractivity contribution in [1.29, 1.82) is 0 Å². The maximum atomic E-state index is 13.6. The minimum atomic E-state index is -0.669. The van der Waals surface area contributed by atoms with Crippen LogP contribution >= 0.6 is 0 Å². The Morgan fingerprint density at radius 3 is 2.56 bits per heavy atom. The van der Waals surface area contributed by atoms with Gasteiger partial charge in [0.25, 0.3) is 0 Å². The molecule has 1 N–H and O–H groups in total. The normalized spacial score (nSPS) is 11.0. The van der Waals surface area contributed by atoms with E-state index in [1.165, 1.54) is 0 Å². The third kappa shape index (κ3) is 4.80. The van der Waals surface area contributed by atoms with E-state index >= 15 is 0 Å². The van der Waals surface area contributed by atoms with Gasteiger partial charge in [0, 0.05) is 12.6 Å². The van der Waals surface area contributed by atoms with Gasteiger partial charge in [0.05, 0.1) is 19.3 Å². The highest BCUT2D eigenvalue weighted by Gasteiger charge is 2.11. The largest absolute Gasteiger partial charge is 0.497 e. The van der Waals surface area contributed by atoms with Crippen LogP contribution in [0.4, 0.5) is 14.5 Å². The van der Waals surface area contributed by atoms with Crippen molar-refractivity contribution < 1.29 is 18.3 Å². The molecule has 0 saturated carbocycles. The summed E-state index contributed by atoms with van der Waals surface area (Å²) in [7, 11) is 3.42. The Kier molecular flexibility index (Phi) is 5.66. The molecular formula is C21H20F2N2O2. The fourth-order valence-corrected chi connectivity index (χ4v) is 2.89. The number of rotatable bonds is 6. The zero-order valence-corrected chi connectivity index (χ0v) is 15.1. The van der Waals surface area contributed by atoms with Crippen molar-refractivity contribution in [2.75, 3.05) is 26.0 Å². The molecule has 0 atom stereocenters. The van der Waals surface area contributed by atoms with E-state index in [2.05, 4.69) is 11.4 Å². The lowest BCUT2D eigenvalue weighted by Crippen LogP contribution is -2.30. The van der Waals surface area contributed by atoms with Gasteiger partial charge in [-0.2, -0.15) is 0 Å². The molecule has 0 unspecified atom stereocenters. The number of halogens is 2. The fraction of sp³-hybridized carbons (Fsp3) is 0.190. The predicted octanol–water partition coefficient (Wildman–Crippen LogP) is 4.20. The SMILES string of the molecule is COc1ccc2cc(CN(C)CC(=O)Nc3cc(F)ccc3F)ccc2c1. The van der Waals surface area contributed by atoms with Crippen LogP contribution in [0.2, 0.25) is 0 Å². The van der Waals surface area contributed by atoms with Gasteiger partial charge < -0.3 is 10.1 Å². The molecule has 0 bridgehead atoms. The molecule has 0 aliphatic rings. The Balaban J connectivity index is 1.63. The number of amides is 1. The van der Waals surface area contributed by atoms with Crippen molar-refractivity contribution in [1.82, 2.24) is 4.90 Å². The topological polar surface area (TPSA) is 41.6 Å². The average molecular weight is 370 g/mol. The van der Waals surface area contributed by atoms with Gasteiger partial charge in [-0.3, -0.25) is 9.69 Å². The number of methoxy groups -OCH3 is 1. The number of likely N-dealkylation sites (N-methyl/N-ethyl adjacent to an activating group) is 1. The van der Waals surface area contributed by atoms with Crippen molar-refractivity contribution >= 4 is 22.4 Å². The number of anilines is 1. The summed E-state index contributed by atoms with van der Waals surface area (Å²) in [6, 6.07) is 14.8. The van der Waals surface area contributed by atoms with Crippen molar-refractivity contribution in [3.05, 3.63) is 71.8 Å². The number of carbonyl (C=O) groups excluding carboxylic acids is 1. The van der Waals surface area contributed by atoms with Crippen LogP contribution in [0, 0.1) is 11.6 Å². The molecule has 0 spiro atoms. The van der Waals surface area contributed by atoms with Crippen molar-refractivity contribution in [2.24, 2.45) is 0 Å². The molecule has 3 rings (SSSR count). The van der Waals surface area contributed by atoms with Crippen LogP contribution in [-0.4, -0.2) is 31.5 Å². The standard InChI is InChI=1S/C21H20F2N2O2/c1-25(13-21(26)24-20-11-17(22)6-8-19(20)23)12-14-3-4-16-10-18(27-2)7-5-15(16)9-14/h3-11H,12-13H2,1-2H3,(H,24,26). The first-order chi connectivity index (χ1) is 12.9. The summed E-state index contributed by atoms with van der Waals surface area (Å²) >= 11 is 0. The third-order valence-electron chi connectivity index (χ3n) is 4.18. The summed E-state index contributed by atoms with van der Waals surface area (Å²) in [5.74, 6) is -0.883. The van der Waals surface area contributed by atoms with Crippen LogP contribution < -0.4 is 10.1 Å². The smallest absolute Gasteiger partial charge is 0.238 e. The maximum Gasteiger partial charge on any atom is 0.238 e. The van der Waals surface area contributed by atoms with E-state index in [0.717, 1.165) is 40.3 Å². The van der Waals surface area contributed by atoms with Crippen LogP contribution in [-0.2, 0) is 11.3 Å². The lowest BCUT2D eigenvalue weighted by molar-refractivity contribution is -0.117. The second kappa shape index (κ2) is 8.14. The van der Waals surface area contributed by atoms with Crippen LogP contribution in [0.25, 0.3) is 10.8 Å². The van der Waals surface area contributed by atoms with E-state index in [1.807, 2.05) is 30.3 Å². The lowest BCUT2D eigenvalue weighted by atomic mass is 10.1. The van der Waals surface area contributed by atoms with Gasteiger partial charge in [0.15, 0.2) is 0 Å². The molecule has 0 aliphatic heterocycles. The molecule has 4 nitrogen and oxygen atoms in total. The Labute approximate surface area is 156 Å². The minimum Gasteiger partial charge on any atom is -0.497 e. The number of nitrogens with zero attached hydrogens (tertiary/aromatic N) is 1. The molecule has 3 aromatic rings. The summed E-state index contributed by atoms with van der Waals surface area (Å²) < 4.78 is 32.0. The second-order valence-electron chi connectivity index (χ2n) is 6.39. The van der Waals surface area contributed by atoms with E-state index in [-0.39, 0.29) is 12.2 Å². The van der Waals surface area contributed by atoms with Gasteiger partial charge in [0.1, 0.15) is 17.4 Å². The summed E-state index contributed by atoms with van der Waals surface area (Å²) in [6.07, 6.45) is 0. The number of hydrogen-bond donors (Lipinski definition) is 1. The number of hydrogen-bond acceptors (Lipinski definition) is 3. The minimum absolute atomic E-state index is 0.0522. The Bertz CT molecular complexity index is 976. The molecule has 0 radical (unpaired) electrons. The molecule has 3 aromatic carbocycles. The molecule has 0 saturated heterocycles. The number of ether oxygens (including phenoxy) is 1. The molecule has 1 amide bonds. The van der Waals surface area contributed by atoms with Crippen LogP contribution in [0.5, 0.6) is 5.75 Å². The highest BCUT2D eigenvalue weighted by molar-refractivity contribution is 5.92. The van der Waals surface area contributed by atoms with Crippen LogP contribution in [0.15, 0.2) is 54.6 Å². The van der Waals surface area contributed by atoms with Gasteiger partial charge >= 0.3 is 0 Å². The molecule has 0 fully saturated rings. The maximum absolute atomic E-state index is 13.6. The molecule has 0 heterocycles. The third-order valence-corrected chi connectivity index (χ3v) is 4.18. The summed E-state index contributed by atoms with van der Waals surface area (Å²) in [6.45, 7) is 0.595. The summed E-state index contributed by atoms with van der Waals surface area (Å²) in [5.41, 5.74) is 0.882. The van der Waals surface area contributed by atoms with Crippen molar-refractivity contribution in [3.8, 4) is 5.75 Å². The first-order valence-electron chi connectivity index (χ1n) is 8.45. The molecule has 6 heteroatoms. The molecule has 0 aromatic heterocycles. The number of carbonyl (C=O) groups is 1. The highest BCUT2D eigenvalue weighted by atomic mass is 19.1. The first-order valence-corrected chi connectivity index (χ1v) is 8.45. The van der Waals surface area contributed by atoms with E-state index in [4.69, 9.17) is 4.74 Å². The van der Waals surface area contributed by atoms with Crippen LogP contribution in [0.1, 0.15) is 5.56 Å². The van der Waals surface area contributed by atoms with Gasteiger partial charge in [-0.05, 0) is 53.7 Å². The van der Waals surface area contributed by atoms with Crippen LogP contribution in [0.3, 0.4) is 0 Å². The van der Waals surface area contributed by atoms with E-state index in [1.54, 1.807) is 19.1 Å². The quantitative estimate of drug-likeness (QED) is 0.707. The highest BCUT2D eigenvalue weighted by Crippen LogP contribution is 2.22. The number of nitrogens with one attached hydrogen (secondary N) is 1. The van der Waals surface area contributed by atoms with Gasteiger partial charge in [-0.15, -0.1) is 0 Å². The van der Waals surface area contributed by atoms with Crippen molar-refractivity contribution in [3.63, 3.8) is 0 Å². The van der Waals surface area contributed by atoms with E-state index in [9.17, 15) is 13.6 Å². The molecule has 140 valence electrons.